The van der Waals surface area contributed by atoms with Gasteiger partial charge in [-0.1, -0.05) is 0 Å². The summed E-state index contributed by atoms with van der Waals surface area (Å²) in [7, 11) is 0. The van der Waals surface area contributed by atoms with Gasteiger partial charge in [0, 0.05) is 23.9 Å². The third-order valence-corrected chi connectivity index (χ3v) is 7.15. The average molecular weight is 492 g/mol. The van der Waals surface area contributed by atoms with Gasteiger partial charge in [0.25, 0.3) is 5.91 Å². The Bertz CT molecular complexity index is 1270. The van der Waals surface area contributed by atoms with Crippen LogP contribution in [0.5, 0.6) is 0 Å². The zero-order valence-electron chi connectivity index (χ0n) is 20.8. The van der Waals surface area contributed by atoms with Crippen LogP contribution in [-0.4, -0.2) is 32.6 Å². The highest BCUT2D eigenvalue weighted by Gasteiger charge is 2.48. The molecule has 3 aromatic rings. The van der Waals surface area contributed by atoms with Crippen LogP contribution in [0.25, 0.3) is 11.1 Å². The summed E-state index contributed by atoms with van der Waals surface area (Å²) in [6.07, 6.45) is 9.30. The van der Waals surface area contributed by atoms with Crippen LogP contribution in [0.1, 0.15) is 61.6 Å². The number of pyridine rings is 2. The molecule has 2 saturated carbocycles. The fraction of sp³-hybridized carbons (Fsp3) is 0.444. The minimum atomic E-state index is -0.733. The smallest absolute Gasteiger partial charge is 0.270 e. The van der Waals surface area contributed by atoms with Crippen molar-refractivity contribution in [3.8, 4) is 11.1 Å². The number of carbonyl (C=O) groups excluding carboxylic acids is 2. The van der Waals surface area contributed by atoms with Crippen molar-refractivity contribution < 1.29 is 19.0 Å². The van der Waals surface area contributed by atoms with Crippen molar-refractivity contribution in [1.82, 2.24) is 20.1 Å². The normalized spacial score (nSPS) is 16.3. The van der Waals surface area contributed by atoms with Crippen LogP contribution in [0.15, 0.2) is 42.9 Å². The fourth-order valence-corrected chi connectivity index (χ4v) is 5.06. The zero-order valence-corrected chi connectivity index (χ0v) is 20.8. The molecule has 0 spiro atoms. The van der Waals surface area contributed by atoms with E-state index in [0.29, 0.717) is 28.7 Å². The number of carbonyl (C=O) groups is 2. The van der Waals surface area contributed by atoms with E-state index in [1.165, 1.54) is 0 Å². The van der Waals surface area contributed by atoms with E-state index in [-0.39, 0.29) is 29.6 Å². The number of halogens is 1. The van der Waals surface area contributed by atoms with Crippen molar-refractivity contribution in [2.24, 2.45) is 17.8 Å². The predicted molar refractivity (Wildman–Crippen MR) is 132 cm³/mol. The molecule has 0 bridgehead atoms. The second-order valence-corrected chi connectivity index (χ2v) is 10.2. The van der Waals surface area contributed by atoms with Crippen LogP contribution in [-0.2, 0) is 4.79 Å². The van der Waals surface area contributed by atoms with Crippen LogP contribution in [0.4, 0.5) is 10.2 Å². The first-order valence-electron chi connectivity index (χ1n) is 12.6. The second kappa shape index (κ2) is 9.79. The third-order valence-electron chi connectivity index (χ3n) is 7.15. The van der Waals surface area contributed by atoms with E-state index in [4.69, 9.17) is 0 Å². The van der Waals surface area contributed by atoms with Gasteiger partial charge in [0.05, 0.1) is 5.56 Å². The van der Waals surface area contributed by atoms with E-state index in [9.17, 15) is 14.0 Å². The van der Waals surface area contributed by atoms with Crippen LogP contribution in [0, 0.1) is 30.6 Å². The van der Waals surface area contributed by atoms with E-state index in [2.05, 4.69) is 25.7 Å². The van der Waals surface area contributed by atoms with Gasteiger partial charge in [-0.2, -0.15) is 9.49 Å². The Morgan fingerprint density at radius 2 is 1.81 bits per heavy atom. The summed E-state index contributed by atoms with van der Waals surface area (Å²) < 4.78 is 16.6. The summed E-state index contributed by atoms with van der Waals surface area (Å²) in [6, 6.07) is 6.00. The number of aromatic amines is 1. The average Bonchev–Trinajstić information content (AvgIpc) is 3.79. The maximum atomic E-state index is 15.0. The number of rotatable bonds is 9. The first-order chi connectivity index (χ1) is 17.3. The Morgan fingerprint density at radius 3 is 2.42 bits per heavy atom. The number of hydrogen-bond donors (Lipinski definition) is 2. The quantitative estimate of drug-likeness (QED) is 0.442. The molecule has 0 saturated heterocycles. The molecule has 2 fully saturated rings. The number of aryl methyl sites for hydroxylation is 1. The molecule has 0 unspecified atom stereocenters. The molecule has 8 nitrogen and oxygen atoms in total. The highest BCUT2D eigenvalue weighted by molar-refractivity contribution is 6.00. The number of nitrogens with zero attached hydrogens (tertiary/aromatic N) is 3. The summed E-state index contributed by atoms with van der Waals surface area (Å²) in [6.45, 7) is 5.79. The number of anilines is 1. The molecule has 188 valence electrons. The highest BCUT2D eigenvalue weighted by atomic mass is 19.1. The second-order valence-electron chi connectivity index (χ2n) is 10.2. The molecular weight excluding hydrogens is 459 g/mol. The molecule has 2 aliphatic rings. The van der Waals surface area contributed by atoms with Gasteiger partial charge < -0.3 is 10.6 Å². The molecule has 0 aliphatic heterocycles. The van der Waals surface area contributed by atoms with Crippen molar-refractivity contribution in [2.75, 3.05) is 5.32 Å². The van der Waals surface area contributed by atoms with Gasteiger partial charge in [-0.05, 0) is 88.0 Å². The largest absolute Gasteiger partial charge is 0.339 e. The number of hydrogen-bond acceptors (Lipinski definition) is 4. The molecule has 2 aliphatic carbocycles. The summed E-state index contributed by atoms with van der Waals surface area (Å²) in [4.78, 5) is 33.8. The Kier molecular flexibility index (Phi) is 6.55. The van der Waals surface area contributed by atoms with Crippen molar-refractivity contribution >= 4 is 17.6 Å². The van der Waals surface area contributed by atoms with Gasteiger partial charge in [0.2, 0.25) is 11.9 Å². The Hall–Kier alpha value is -3.62. The van der Waals surface area contributed by atoms with Crippen molar-refractivity contribution in [3.63, 3.8) is 0 Å². The van der Waals surface area contributed by atoms with Crippen LogP contribution in [0.3, 0.4) is 0 Å². The number of aromatic nitrogens is 4. The minimum Gasteiger partial charge on any atom is -0.339 e. The lowest BCUT2D eigenvalue weighted by Crippen LogP contribution is -2.50. The van der Waals surface area contributed by atoms with Crippen molar-refractivity contribution in [1.29, 1.82) is 0 Å². The third kappa shape index (κ3) is 5.01. The summed E-state index contributed by atoms with van der Waals surface area (Å²) in [5, 5.41) is 10.0. The Morgan fingerprint density at radius 1 is 1.08 bits per heavy atom. The first-order valence-corrected chi connectivity index (χ1v) is 12.6. The SMILES string of the molecule is Cc1cc[nH+]cc1-c1ccc(NC(=O)[C@@H](NC(=O)c2ccnn2C(C)C)C(C2CC2)C2CC2)nc1F. The van der Waals surface area contributed by atoms with Crippen LogP contribution >= 0.6 is 0 Å². The van der Waals surface area contributed by atoms with E-state index in [0.717, 1.165) is 31.2 Å². The number of amides is 2. The van der Waals surface area contributed by atoms with Gasteiger partial charge in [-0.15, -0.1) is 0 Å². The van der Waals surface area contributed by atoms with E-state index < -0.39 is 12.0 Å². The molecule has 2 amide bonds. The maximum absolute atomic E-state index is 15.0. The van der Waals surface area contributed by atoms with Crippen LogP contribution in [0.2, 0.25) is 0 Å². The predicted octanol–water partition coefficient (Wildman–Crippen LogP) is 3.96. The molecule has 3 aromatic heterocycles. The molecule has 9 heteroatoms. The van der Waals surface area contributed by atoms with Gasteiger partial charge in [0.1, 0.15) is 17.6 Å². The molecule has 1 atom stereocenters. The molecule has 5 rings (SSSR count). The van der Waals surface area contributed by atoms with E-state index in [1.54, 1.807) is 41.5 Å². The van der Waals surface area contributed by atoms with E-state index >= 15 is 0 Å². The fourth-order valence-electron chi connectivity index (χ4n) is 5.06. The molecule has 3 N–H and O–H groups in total. The molecular formula is C27H32FN6O2+. The lowest BCUT2D eigenvalue weighted by molar-refractivity contribution is -0.377. The molecule has 0 aromatic carbocycles. The monoisotopic (exact) mass is 491 g/mol. The number of H-pyrrole nitrogens is 1. The molecule has 3 heterocycles. The zero-order chi connectivity index (χ0) is 25.4. The van der Waals surface area contributed by atoms with Gasteiger partial charge in [-0.25, -0.2) is 9.97 Å². The number of nitrogens with one attached hydrogen (secondary N) is 3. The lowest BCUT2D eigenvalue weighted by atomic mass is 9.88. The van der Waals surface area contributed by atoms with E-state index in [1.807, 2.05) is 26.8 Å². The summed E-state index contributed by atoms with van der Waals surface area (Å²) in [5.41, 5.74) is 2.38. The Balaban J connectivity index is 1.38. The van der Waals surface area contributed by atoms with Crippen LogP contribution < -0.4 is 15.6 Å². The first kappa shape index (κ1) is 24.1. The highest BCUT2D eigenvalue weighted by Crippen LogP contribution is 2.51. The standard InChI is InChI=1S/C27H31FN6O2/c1-15(2)34-21(11-13-30-34)26(35)33-24(23(17-4-5-17)18-6-7-18)27(36)32-22-9-8-19(25(28)31-22)20-14-29-12-10-16(20)3/h8-15,17-18,23-24H,4-7H2,1-3H3,(H,33,35)(H,31,32,36)/p+1/t24-/m0/s1. The summed E-state index contributed by atoms with van der Waals surface area (Å²) in [5.74, 6) is -0.380. The maximum Gasteiger partial charge on any atom is 0.270 e. The van der Waals surface area contributed by atoms with Gasteiger partial charge >= 0.3 is 0 Å². The molecule has 36 heavy (non-hydrogen) atoms. The van der Waals surface area contributed by atoms with Gasteiger partial charge in [-0.3, -0.25) is 14.3 Å². The minimum absolute atomic E-state index is 0.00669. The Labute approximate surface area is 209 Å². The lowest BCUT2D eigenvalue weighted by Gasteiger charge is -2.27. The summed E-state index contributed by atoms with van der Waals surface area (Å²) >= 11 is 0. The van der Waals surface area contributed by atoms with Gasteiger partial charge in [0.15, 0.2) is 12.4 Å². The van der Waals surface area contributed by atoms with Crippen molar-refractivity contribution in [2.45, 2.75) is 58.5 Å². The topological polar surface area (TPSA) is 103 Å². The van der Waals surface area contributed by atoms with Crippen molar-refractivity contribution in [3.05, 3.63) is 60.1 Å². The molecule has 0 radical (unpaired) electrons.